The molecule has 0 aliphatic rings. The summed E-state index contributed by atoms with van der Waals surface area (Å²) in [7, 11) is 1.23. The molecule has 0 unspecified atom stereocenters. The van der Waals surface area contributed by atoms with Crippen LogP contribution in [0.5, 0.6) is 0 Å². The molecule has 6 heteroatoms. The van der Waals surface area contributed by atoms with Crippen LogP contribution in [0.2, 0.25) is 0 Å². The zero-order valence-electron chi connectivity index (χ0n) is 9.82. The smallest absolute Gasteiger partial charge is 0.417 e. The van der Waals surface area contributed by atoms with Gasteiger partial charge in [0.25, 0.3) is 0 Å². The van der Waals surface area contributed by atoms with Gasteiger partial charge in [0.2, 0.25) is 0 Å². The molecule has 0 saturated carbocycles. The molecule has 0 aliphatic heterocycles. The Kier molecular flexibility index (Phi) is 3.61. The number of alkyl halides is 3. The van der Waals surface area contributed by atoms with E-state index >= 15 is 0 Å². The molecule has 0 bridgehead atoms. The van der Waals surface area contributed by atoms with E-state index in [-0.39, 0.29) is 10.4 Å². The van der Waals surface area contributed by atoms with E-state index in [1.807, 2.05) is 0 Å². The number of esters is 1. The van der Waals surface area contributed by atoms with Crippen molar-refractivity contribution in [3.05, 3.63) is 46.8 Å². The van der Waals surface area contributed by atoms with Crippen LogP contribution >= 0.6 is 11.3 Å². The zero-order valence-corrected chi connectivity index (χ0v) is 10.6. The van der Waals surface area contributed by atoms with Crippen LogP contribution in [-0.2, 0) is 10.9 Å². The molecule has 0 atom stereocenters. The normalized spacial score (nSPS) is 11.4. The number of rotatable bonds is 2. The first-order valence-electron chi connectivity index (χ1n) is 5.28. The molecule has 2 rings (SSSR count). The van der Waals surface area contributed by atoms with E-state index < -0.39 is 17.7 Å². The summed E-state index contributed by atoms with van der Waals surface area (Å²) in [6, 6.07) is 8.21. The zero-order chi connectivity index (χ0) is 14.0. The van der Waals surface area contributed by atoms with E-state index in [1.165, 1.54) is 37.4 Å². The Morgan fingerprint density at radius 1 is 1.16 bits per heavy atom. The molecule has 2 aromatic rings. The molecule has 1 aromatic carbocycles. The summed E-state index contributed by atoms with van der Waals surface area (Å²) in [4.78, 5) is 12.0. The van der Waals surface area contributed by atoms with E-state index in [4.69, 9.17) is 0 Å². The molecule has 2 nitrogen and oxygen atoms in total. The van der Waals surface area contributed by atoms with Crippen molar-refractivity contribution >= 4 is 17.3 Å². The first kappa shape index (κ1) is 13.6. The molecule has 0 spiro atoms. The van der Waals surface area contributed by atoms with E-state index in [0.29, 0.717) is 4.88 Å². The van der Waals surface area contributed by atoms with Gasteiger partial charge in [-0.1, -0.05) is 18.2 Å². The molecule has 0 fully saturated rings. The minimum Gasteiger partial charge on any atom is -0.465 e. The fourth-order valence-corrected chi connectivity index (χ4v) is 2.60. The van der Waals surface area contributed by atoms with Crippen molar-refractivity contribution in [3.8, 4) is 10.4 Å². The lowest BCUT2D eigenvalue weighted by Crippen LogP contribution is -2.06. The second-order valence-corrected chi connectivity index (χ2v) is 4.78. The lowest BCUT2D eigenvalue weighted by atomic mass is 10.1. The van der Waals surface area contributed by atoms with Gasteiger partial charge in [-0.25, -0.2) is 4.79 Å². The van der Waals surface area contributed by atoms with Crippen LogP contribution in [0.15, 0.2) is 36.4 Å². The fourth-order valence-electron chi connectivity index (χ4n) is 1.64. The molecule has 100 valence electrons. The average molecular weight is 286 g/mol. The largest absolute Gasteiger partial charge is 0.465 e. The van der Waals surface area contributed by atoms with Crippen molar-refractivity contribution in [2.75, 3.05) is 7.11 Å². The number of thiophene rings is 1. The van der Waals surface area contributed by atoms with E-state index in [9.17, 15) is 18.0 Å². The van der Waals surface area contributed by atoms with Crippen molar-refractivity contribution < 1.29 is 22.7 Å². The molecular formula is C13H9F3O2S. The molecular weight excluding hydrogens is 277 g/mol. The number of benzene rings is 1. The Bertz CT molecular complexity index is 602. The number of hydrogen-bond donors (Lipinski definition) is 0. The van der Waals surface area contributed by atoms with Gasteiger partial charge in [-0.15, -0.1) is 11.3 Å². The second kappa shape index (κ2) is 5.05. The lowest BCUT2D eigenvalue weighted by Gasteiger charge is -2.10. The van der Waals surface area contributed by atoms with Gasteiger partial charge in [0, 0.05) is 10.4 Å². The maximum absolute atomic E-state index is 12.9. The first-order valence-corrected chi connectivity index (χ1v) is 6.10. The van der Waals surface area contributed by atoms with Crippen LogP contribution < -0.4 is 0 Å². The lowest BCUT2D eigenvalue weighted by molar-refractivity contribution is -0.137. The van der Waals surface area contributed by atoms with Crippen molar-refractivity contribution in [1.82, 2.24) is 0 Å². The van der Waals surface area contributed by atoms with Crippen molar-refractivity contribution in [2.24, 2.45) is 0 Å². The van der Waals surface area contributed by atoms with Gasteiger partial charge in [-0.2, -0.15) is 13.2 Å². The second-order valence-electron chi connectivity index (χ2n) is 3.70. The third-order valence-electron chi connectivity index (χ3n) is 2.49. The predicted molar refractivity (Wildman–Crippen MR) is 66.1 cm³/mol. The number of ether oxygens (including phenoxy) is 1. The van der Waals surface area contributed by atoms with Gasteiger partial charge in [-0.3, -0.25) is 0 Å². The van der Waals surface area contributed by atoms with Crippen LogP contribution in [0, 0.1) is 0 Å². The maximum atomic E-state index is 12.9. The van der Waals surface area contributed by atoms with E-state index in [0.717, 1.165) is 17.4 Å². The summed E-state index contributed by atoms with van der Waals surface area (Å²) in [6.07, 6.45) is -4.42. The van der Waals surface area contributed by atoms with Gasteiger partial charge < -0.3 is 4.74 Å². The van der Waals surface area contributed by atoms with Gasteiger partial charge >= 0.3 is 12.1 Å². The monoisotopic (exact) mass is 286 g/mol. The van der Waals surface area contributed by atoms with Crippen LogP contribution in [-0.4, -0.2) is 13.1 Å². The minimum absolute atomic E-state index is 0.0650. The Labute approximate surface area is 111 Å². The summed E-state index contributed by atoms with van der Waals surface area (Å²) >= 11 is 0.974. The summed E-state index contributed by atoms with van der Waals surface area (Å²) in [5.74, 6) is -0.555. The standard InChI is InChI=1S/C13H9F3O2S/c1-18-12(17)11-7-6-10(19-11)8-4-2-3-5-9(8)13(14,15)16/h2-7H,1H3. The Morgan fingerprint density at radius 3 is 2.47 bits per heavy atom. The number of carbonyl (C=O) groups excluding carboxylic acids is 1. The topological polar surface area (TPSA) is 26.3 Å². The molecule has 19 heavy (non-hydrogen) atoms. The Morgan fingerprint density at radius 2 is 1.84 bits per heavy atom. The summed E-state index contributed by atoms with van der Waals surface area (Å²) in [5, 5.41) is 0. The quantitative estimate of drug-likeness (QED) is 0.773. The van der Waals surface area contributed by atoms with Crippen molar-refractivity contribution in [3.63, 3.8) is 0 Å². The highest BCUT2D eigenvalue weighted by Gasteiger charge is 2.33. The molecule has 1 aromatic heterocycles. The fraction of sp³-hybridized carbons (Fsp3) is 0.154. The minimum atomic E-state index is -4.42. The molecule has 0 radical (unpaired) electrons. The maximum Gasteiger partial charge on any atom is 0.417 e. The Balaban J connectivity index is 2.48. The van der Waals surface area contributed by atoms with E-state index in [2.05, 4.69) is 4.74 Å². The predicted octanol–water partition coefficient (Wildman–Crippen LogP) is 4.22. The van der Waals surface area contributed by atoms with E-state index in [1.54, 1.807) is 0 Å². The van der Waals surface area contributed by atoms with Gasteiger partial charge in [0.1, 0.15) is 4.88 Å². The van der Waals surface area contributed by atoms with Gasteiger partial charge in [0.15, 0.2) is 0 Å². The molecule has 0 N–H and O–H groups in total. The van der Waals surface area contributed by atoms with Crippen LogP contribution in [0.4, 0.5) is 13.2 Å². The highest BCUT2D eigenvalue weighted by Crippen LogP contribution is 2.39. The number of halogens is 3. The molecule has 0 aliphatic carbocycles. The molecule has 1 heterocycles. The van der Waals surface area contributed by atoms with Crippen LogP contribution in [0.25, 0.3) is 10.4 Å². The highest BCUT2D eigenvalue weighted by molar-refractivity contribution is 7.17. The number of carbonyl (C=O) groups is 1. The SMILES string of the molecule is COC(=O)c1ccc(-c2ccccc2C(F)(F)F)s1. The van der Waals surface area contributed by atoms with Crippen LogP contribution in [0.1, 0.15) is 15.2 Å². The third-order valence-corrected chi connectivity index (χ3v) is 3.59. The summed E-state index contributed by atoms with van der Waals surface area (Å²) in [6.45, 7) is 0. The van der Waals surface area contributed by atoms with Crippen molar-refractivity contribution in [2.45, 2.75) is 6.18 Å². The Hall–Kier alpha value is -1.82. The molecule has 0 amide bonds. The molecule has 0 saturated heterocycles. The number of methoxy groups -OCH3 is 1. The van der Waals surface area contributed by atoms with Gasteiger partial charge in [0.05, 0.1) is 12.7 Å². The number of hydrogen-bond acceptors (Lipinski definition) is 3. The highest BCUT2D eigenvalue weighted by atomic mass is 32.1. The van der Waals surface area contributed by atoms with Crippen molar-refractivity contribution in [1.29, 1.82) is 0 Å². The van der Waals surface area contributed by atoms with Crippen LogP contribution in [0.3, 0.4) is 0 Å². The third kappa shape index (κ3) is 2.78. The average Bonchev–Trinajstić information content (AvgIpc) is 2.86. The summed E-state index contributed by atoms with van der Waals surface area (Å²) in [5.41, 5.74) is -0.650. The summed E-state index contributed by atoms with van der Waals surface area (Å²) < 4.78 is 43.2. The first-order chi connectivity index (χ1) is 8.93. The van der Waals surface area contributed by atoms with Gasteiger partial charge in [-0.05, 0) is 18.2 Å².